The highest BCUT2D eigenvalue weighted by Crippen LogP contribution is 2.37. The van der Waals surface area contributed by atoms with Gasteiger partial charge < -0.3 is 4.90 Å². The zero-order valence-electron chi connectivity index (χ0n) is 12.2. The molecular formula is C15H21BrN2O2. The van der Waals surface area contributed by atoms with Crippen LogP contribution in [-0.2, 0) is 6.42 Å². The van der Waals surface area contributed by atoms with Crippen molar-refractivity contribution in [1.82, 2.24) is 0 Å². The molecule has 5 heteroatoms. The van der Waals surface area contributed by atoms with E-state index < -0.39 is 0 Å². The van der Waals surface area contributed by atoms with Gasteiger partial charge in [-0.25, -0.2) is 0 Å². The van der Waals surface area contributed by atoms with Gasteiger partial charge in [-0.15, -0.1) is 0 Å². The monoisotopic (exact) mass is 340 g/mol. The Bertz CT molecular complexity index is 509. The minimum absolute atomic E-state index is 0.163. The molecule has 110 valence electrons. The van der Waals surface area contributed by atoms with Crippen molar-refractivity contribution in [2.75, 3.05) is 18.0 Å². The first-order valence-electron chi connectivity index (χ1n) is 7.14. The average molecular weight is 341 g/mol. The fourth-order valence-electron chi connectivity index (χ4n) is 3.21. The molecule has 0 bridgehead atoms. The lowest BCUT2D eigenvalue weighted by molar-refractivity contribution is -0.385. The molecule has 0 aromatic heterocycles. The summed E-state index contributed by atoms with van der Waals surface area (Å²) in [5, 5.41) is 11.0. The van der Waals surface area contributed by atoms with Gasteiger partial charge in [0.15, 0.2) is 0 Å². The summed E-state index contributed by atoms with van der Waals surface area (Å²) in [6, 6.07) is 3.34. The zero-order valence-corrected chi connectivity index (χ0v) is 13.8. The van der Waals surface area contributed by atoms with Crippen LogP contribution in [0, 0.1) is 22.0 Å². The molecule has 0 amide bonds. The molecular weight excluding hydrogens is 320 g/mol. The second-order valence-corrected chi connectivity index (χ2v) is 6.75. The highest BCUT2D eigenvalue weighted by Gasteiger charge is 2.26. The molecule has 0 spiro atoms. The predicted molar refractivity (Wildman–Crippen MR) is 85.3 cm³/mol. The van der Waals surface area contributed by atoms with Crippen LogP contribution < -0.4 is 4.90 Å². The summed E-state index contributed by atoms with van der Waals surface area (Å²) >= 11 is 3.54. The summed E-state index contributed by atoms with van der Waals surface area (Å²) in [6.07, 6.45) is 2.05. The molecule has 1 fully saturated rings. The third kappa shape index (κ3) is 3.14. The standard InChI is InChI=1S/C15H21BrN2O2/c1-4-12-6-13(18(19)20)7-14(16)15(12)17-8-10(2)5-11(3)9-17/h6-7,10-11H,4-5,8-9H2,1-3H3/t10-,11-/m1/s1. The number of nitro benzene ring substituents is 1. The summed E-state index contributed by atoms with van der Waals surface area (Å²) in [7, 11) is 0. The van der Waals surface area contributed by atoms with Gasteiger partial charge in [-0.05, 0) is 46.2 Å². The number of anilines is 1. The molecule has 0 aliphatic carbocycles. The fraction of sp³-hybridized carbons (Fsp3) is 0.600. The number of hydrogen-bond donors (Lipinski definition) is 0. The average Bonchev–Trinajstić information content (AvgIpc) is 2.36. The quantitative estimate of drug-likeness (QED) is 0.605. The van der Waals surface area contributed by atoms with Crippen molar-refractivity contribution in [3.05, 3.63) is 32.3 Å². The maximum Gasteiger partial charge on any atom is 0.270 e. The van der Waals surface area contributed by atoms with Gasteiger partial charge in [0.2, 0.25) is 0 Å². The Morgan fingerprint density at radius 3 is 2.45 bits per heavy atom. The van der Waals surface area contributed by atoms with Crippen molar-refractivity contribution in [2.45, 2.75) is 33.6 Å². The van der Waals surface area contributed by atoms with E-state index in [2.05, 4.69) is 34.7 Å². The van der Waals surface area contributed by atoms with Gasteiger partial charge in [-0.3, -0.25) is 10.1 Å². The van der Waals surface area contributed by atoms with E-state index in [1.807, 2.05) is 6.92 Å². The van der Waals surface area contributed by atoms with Gasteiger partial charge in [0.05, 0.1) is 10.6 Å². The molecule has 4 nitrogen and oxygen atoms in total. The number of non-ortho nitro benzene ring substituents is 1. The van der Waals surface area contributed by atoms with Gasteiger partial charge in [-0.1, -0.05) is 20.8 Å². The van der Waals surface area contributed by atoms with E-state index in [1.165, 1.54) is 6.42 Å². The molecule has 0 unspecified atom stereocenters. The SMILES string of the molecule is CCc1cc([N+](=O)[O-])cc(Br)c1N1C[C@H](C)C[C@@H](C)C1. The maximum absolute atomic E-state index is 11.0. The van der Waals surface area contributed by atoms with Crippen LogP contribution in [0.15, 0.2) is 16.6 Å². The highest BCUT2D eigenvalue weighted by atomic mass is 79.9. The number of rotatable bonds is 3. The lowest BCUT2D eigenvalue weighted by Gasteiger charge is -2.38. The van der Waals surface area contributed by atoms with E-state index in [-0.39, 0.29) is 10.6 Å². The number of nitrogens with zero attached hydrogens (tertiary/aromatic N) is 2. The van der Waals surface area contributed by atoms with Gasteiger partial charge in [0.1, 0.15) is 0 Å². The minimum atomic E-state index is -0.324. The van der Waals surface area contributed by atoms with E-state index in [9.17, 15) is 10.1 Å². The number of halogens is 1. The summed E-state index contributed by atoms with van der Waals surface area (Å²) in [5.41, 5.74) is 2.35. The summed E-state index contributed by atoms with van der Waals surface area (Å²) in [5.74, 6) is 1.32. The molecule has 1 aliphatic heterocycles. The largest absolute Gasteiger partial charge is 0.370 e. The van der Waals surface area contributed by atoms with Crippen LogP contribution in [0.5, 0.6) is 0 Å². The van der Waals surface area contributed by atoms with Crippen LogP contribution in [-0.4, -0.2) is 18.0 Å². The number of benzene rings is 1. The third-order valence-corrected chi connectivity index (χ3v) is 4.51. The van der Waals surface area contributed by atoms with Crippen molar-refractivity contribution in [2.24, 2.45) is 11.8 Å². The zero-order chi connectivity index (χ0) is 14.9. The molecule has 20 heavy (non-hydrogen) atoms. The van der Waals surface area contributed by atoms with Crippen molar-refractivity contribution >= 4 is 27.3 Å². The smallest absolute Gasteiger partial charge is 0.270 e. The van der Waals surface area contributed by atoms with Crippen LogP contribution in [0.4, 0.5) is 11.4 Å². The van der Waals surface area contributed by atoms with Crippen LogP contribution in [0.2, 0.25) is 0 Å². The van der Waals surface area contributed by atoms with E-state index >= 15 is 0 Å². The van der Waals surface area contributed by atoms with Crippen molar-refractivity contribution in [3.8, 4) is 0 Å². The first kappa shape index (κ1) is 15.3. The van der Waals surface area contributed by atoms with Gasteiger partial charge >= 0.3 is 0 Å². The van der Waals surface area contributed by atoms with Crippen LogP contribution in [0.3, 0.4) is 0 Å². The molecule has 2 rings (SSSR count). The lowest BCUT2D eigenvalue weighted by atomic mass is 9.91. The van der Waals surface area contributed by atoms with Crippen LogP contribution >= 0.6 is 15.9 Å². The van der Waals surface area contributed by atoms with Crippen molar-refractivity contribution in [1.29, 1.82) is 0 Å². The fourth-order valence-corrected chi connectivity index (χ4v) is 3.95. The van der Waals surface area contributed by atoms with E-state index in [0.29, 0.717) is 11.8 Å². The summed E-state index contributed by atoms with van der Waals surface area (Å²) < 4.78 is 0.838. The van der Waals surface area contributed by atoms with Gasteiger partial charge in [0.25, 0.3) is 5.69 Å². The maximum atomic E-state index is 11.0. The third-order valence-electron chi connectivity index (χ3n) is 3.90. The molecule has 0 radical (unpaired) electrons. The number of piperidine rings is 1. The van der Waals surface area contributed by atoms with Crippen LogP contribution in [0.1, 0.15) is 32.8 Å². The van der Waals surface area contributed by atoms with Crippen molar-refractivity contribution in [3.63, 3.8) is 0 Å². The molecule has 1 aromatic rings. The predicted octanol–water partition coefficient (Wildman–Crippen LogP) is 4.40. The Hall–Kier alpha value is -1.10. The summed E-state index contributed by atoms with van der Waals surface area (Å²) in [6.45, 7) is 8.63. The Morgan fingerprint density at radius 1 is 1.35 bits per heavy atom. The van der Waals surface area contributed by atoms with Gasteiger partial charge in [0, 0.05) is 29.7 Å². The number of hydrogen-bond acceptors (Lipinski definition) is 3. The van der Waals surface area contributed by atoms with Crippen molar-refractivity contribution < 1.29 is 4.92 Å². The second-order valence-electron chi connectivity index (χ2n) is 5.90. The number of nitro groups is 1. The normalized spacial score (nSPS) is 22.9. The summed E-state index contributed by atoms with van der Waals surface area (Å²) in [4.78, 5) is 13.0. The molecule has 1 saturated heterocycles. The minimum Gasteiger partial charge on any atom is -0.370 e. The van der Waals surface area contributed by atoms with E-state index in [0.717, 1.165) is 35.2 Å². The molecule has 1 aromatic carbocycles. The molecule has 2 atom stereocenters. The van der Waals surface area contributed by atoms with E-state index in [1.54, 1.807) is 12.1 Å². The molecule has 1 heterocycles. The second kappa shape index (κ2) is 6.12. The Labute approximate surface area is 128 Å². The highest BCUT2D eigenvalue weighted by molar-refractivity contribution is 9.10. The molecule has 0 N–H and O–H groups in total. The topological polar surface area (TPSA) is 46.4 Å². The Morgan fingerprint density at radius 2 is 1.95 bits per heavy atom. The Kier molecular flexibility index (Phi) is 4.68. The molecule has 0 saturated carbocycles. The first-order valence-corrected chi connectivity index (χ1v) is 7.93. The first-order chi connectivity index (χ1) is 9.42. The van der Waals surface area contributed by atoms with E-state index in [4.69, 9.17) is 0 Å². The van der Waals surface area contributed by atoms with Gasteiger partial charge in [-0.2, -0.15) is 0 Å². The molecule has 1 aliphatic rings. The number of aryl methyl sites for hydroxylation is 1. The Balaban J connectivity index is 2.42. The lowest BCUT2D eigenvalue weighted by Crippen LogP contribution is -2.39. The van der Waals surface area contributed by atoms with Crippen LogP contribution in [0.25, 0.3) is 0 Å².